The molecule has 1 rings (SSSR count). The molecule has 1 amide bonds. The van der Waals surface area contributed by atoms with Crippen molar-refractivity contribution in [2.75, 3.05) is 40.3 Å². The first kappa shape index (κ1) is 11.5. The molecule has 1 atom stereocenters. The van der Waals surface area contributed by atoms with Crippen molar-refractivity contribution in [3.63, 3.8) is 0 Å². The highest BCUT2D eigenvalue weighted by Crippen LogP contribution is 2.12. The molecule has 2 N–H and O–H groups in total. The Hall–Kier alpha value is -0.610. The number of rotatable bonds is 4. The molecule has 1 aliphatic heterocycles. The minimum Gasteiger partial charge on any atom is -0.344 e. The Balaban J connectivity index is 2.30. The van der Waals surface area contributed by atoms with Gasteiger partial charge in [-0.25, -0.2) is 0 Å². The van der Waals surface area contributed by atoms with Crippen molar-refractivity contribution in [1.82, 2.24) is 15.5 Å². The van der Waals surface area contributed by atoms with Gasteiger partial charge in [-0.2, -0.15) is 0 Å². The van der Waals surface area contributed by atoms with Crippen LogP contribution in [0.25, 0.3) is 0 Å². The number of carbonyl (C=O) groups excluding carboxylic acids is 1. The van der Waals surface area contributed by atoms with E-state index in [1.54, 1.807) is 0 Å². The number of amides is 1. The average molecular weight is 199 g/mol. The highest BCUT2D eigenvalue weighted by atomic mass is 16.2. The highest BCUT2D eigenvalue weighted by Gasteiger charge is 2.23. The molecule has 4 heteroatoms. The maximum atomic E-state index is 11.9. The van der Waals surface area contributed by atoms with Gasteiger partial charge in [-0.15, -0.1) is 0 Å². The Kier molecular flexibility index (Phi) is 4.90. The maximum Gasteiger partial charge on any atom is 0.226 e. The smallest absolute Gasteiger partial charge is 0.226 e. The van der Waals surface area contributed by atoms with Crippen LogP contribution in [0.3, 0.4) is 0 Å². The zero-order valence-corrected chi connectivity index (χ0v) is 9.18. The van der Waals surface area contributed by atoms with Crippen LogP contribution in [0, 0.1) is 5.92 Å². The molecule has 0 spiro atoms. The van der Waals surface area contributed by atoms with Crippen molar-refractivity contribution < 1.29 is 4.79 Å². The molecule has 0 radical (unpaired) electrons. The Morgan fingerprint density at radius 3 is 3.00 bits per heavy atom. The van der Waals surface area contributed by atoms with Gasteiger partial charge >= 0.3 is 0 Å². The molecule has 0 aromatic carbocycles. The van der Waals surface area contributed by atoms with E-state index in [1.165, 1.54) is 0 Å². The Labute approximate surface area is 86.0 Å². The fourth-order valence-electron chi connectivity index (χ4n) is 1.76. The van der Waals surface area contributed by atoms with Crippen LogP contribution in [-0.4, -0.2) is 51.1 Å². The first-order valence-electron chi connectivity index (χ1n) is 5.36. The lowest BCUT2D eigenvalue weighted by molar-refractivity contribution is -0.134. The summed E-state index contributed by atoms with van der Waals surface area (Å²) in [5, 5.41) is 6.31. The number of hydrogen-bond donors (Lipinski definition) is 2. The number of piperidine rings is 1. The largest absolute Gasteiger partial charge is 0.344 e. The second-order valence-electron chi connectivity index (χ2n) is 3.91. The summed E-state index contributed by atoms with van der Waals surface area (Å²) in [5.41, 5.74) is 0. The molecular formula is C10H21N3O. The number of carbonyl (C=O) groups is 1. The van der Waals surface area contributed by atoms with Crippen LogP contribution in [0.5, 0.6) is 0 Å². The number of likely N-dealkylation sites (N-methyl/N-ethyl adjacent to an activating group) is 2. The fourth-order valence-corrected chi connectivity index (χ4v) is 1.76. The van der Waals surface area contributed by atoms with Gasteiger partial charge in [-0.1, -0.05) is 0 Å². The zero-order valence-electron chi connectivity index (χ0n) is 9.18. The first-order valence-corrected chi connectivity index (χ1v) is 5.36. The predicted octanol–water partition coefficient (Wildman–Crippen LogP) is -0.336. The summed E-state index contributed by atoms with van der Waals surface area (Å²) in [4.78, 5) is 13.7. The Morgan fingerprint density at radius 2 is 2.43 bits per heavy atom. The van der Waals surface area contributed by atoms with Gasteiger partial charge in [0.1, 0.15) is 0 Å². The topological polar surface area (TPSA) is 44.4 Å². The molecule has 1 aliphatic rings. The van der Waals surface area contributed by atoms with Crippen LogP contribution in [-0.2, 0) is 4.79 Å². The standard InChI is InChI=1S/C10H21N3O/c1-11-6-7-13(2)10(14)9-4-3-5-12-8-9/h9,11-12H,3-8H2,1-2H3/t9-/m1/s1. The van der Waals surface area contributed by atoms with Crippen LogP contribution < -0.4 is 10.6 Å². The minimum atomic E-state index is 0.200. The van der Waals surface area contributed by atoms with Gasteiger partial charge in [0.25, 0.3) is 0 Å². The molecule has 0 aromatic heterocycles. The first-order chi connectivity index (χ1) is 6.75. The maximum absolute atomic E-state index is 11.9. The molecule has 0 aliphatic carbocycles. The third-order valence-corrected chi connectivity index (χ3v) is 2.72. The van der Waals surface area contributed by atoms with Crippen LogP contribution >= 0.6 is 0 Å². The average Bonchev–Trinajstić information content (AvgIpc) is 2.26. The molecule has 0 aromatic rings. The summed E-state index contributed by atoms with van der Waals surface area (Å²) in [6.07, 6.45) is 2.16. The van der Waals surface area contributed by atoms with E-state index < -0.39 is 0 Å². The zero-order chi connectivity index (χ0) is 10.4. The van der Waals surface area contributed by atoms with Gasteiger partial charge in [0.05, 0.1) is 5.92 Å². The van der Waals surface area contributed by atoms with Crippen molar-refractivity contribution in [2.45, 2.75) is 12.8 Å². The quantitative estimate of drug-likeness (QED) is 0.651. The lowest BCUT2D eigenvalue weighted by Crippen LogP contribution is -2.43. The van der Waals surface area contributed by atoms with E-state index in [9.17, 15) is 4.79 Å². The third kappa shape index (κ3) is 3.27. The van der Waals surface area contributed by atoms with Gasteiger partial charge in [0.2, 0.25) is 5.91 Å². The summed E-state index contributed by atoms with van der Waals surface area (Å²) >= 11 is 0. The molecule has 1 saturated heterocycles. The van der Waals surface area contributed by atoms with Gasteiger partial charge in [-0.05, 0) is 26.4 Å². The molecule has 1 fully saturated rings. The molecule has 14 heavy (non-hydrogen) atoms. The summed E-state index contributed by atoms with van der Waals surface area (Å²) in [5.74, 6) is 0.484. The van der Waals surface area contributed by atoms with E-state index in [-0.39, 0.29) is 11.8 Å². The van der Waals surface area contributed by atoms with Gasteiger partial charge in [0, 0.05) is 26.7 Å². The van der Waals surface area contributed by atoms with Crippen LogP contribution in [0.15, 0.2) is 0 Å². The monoisotopic (exact) mass is 199 g/mol. The van der Waals surface area contributed by atoms with E-state index in [2.05, 4.69) is 10.6 Å². The lowest BCUT2D eigenvalue weighted by Gasteiger charge is -2.26. The van der Waals surface area contributed by atoms with Crippen molar-refractivity contribution in [3.8, 4) is 0 Å². The Bertz CT molecular complexity index is 178. The number of hydrogen-bond acceptors (Lipinski definition) is 3. The predicted molar refractivity (Wildman–Crippen MR) is 57.2 cm³/mol. The van der Waals surface area contributed by atoms with Crippen LogP contribution in [0.4, 0.5) is 0 Å². The van der Waals surface area contributed by atoms with Crippen molar-refractivity contribution >= 4 is 5.91 Å². The lowest BCUT2D eigenvalue weighted by atomic mass is 9.98. The van der Waals surface area contributed by atoms with Gasteiger partial charge < -0.3 is 15.5 Å². The van der Waals surface area contributed by atoms with Crippen molar-refractivity contribution in [1.29, 1.82) is 0 Å². The highest BCUT2D eigenvalue weighted by molar-refractivity contribution is 5.78. The molecule has 0 saturated carbocycles. The molecular weight excluding hydrogens is 178 g/mol. The molecule has 4 nitrogen and oxygen atoms in total. The number of nitrogens with zero attached hydrogens (tertiary/aromatic N) is 1. The SMILES string of the molecule is CNCCN(C)C(=O)[C@@H]1CCCNC1. The van der Waals surface area contributed by atoms with Crippen molar-refractivity contribution in [2.24, 2.45) is 5.92 Å². The van der Waals surface area contributed by atoms with Gasteiger partial charge in [-0.3, -0.25) is 4.79 Å². The van der Waals surface area contributed by atoms with E-state index in [0.29, 0.717) is 0 Å². The summed E-state index contributed by atoms with van der Waals surface area (Å²) in [6, 6.07) is 0. The van der Waals surface area contributed by atoms with E-state index >= 15 is 0 Å². The Morgan fingerprint density at radius 1 is 1.64 bits per heavy atom. The summed E-state index contributed by atoms with van der Waals surface area (Å²) in [6.45, 7) is 3.57. The van der Waals surface area contributed by atoms with E-state index in [0.717, 1.165) is 39.0 Å². The number of nitrogens with one attached hydrogen (secondary N) is 2. The van der Waals surface area contributed by atoms with Crippen LogP contribution in [0.1, 0.15) is 12.8 Å². The molecule has 0 unspecified atom stereocenters. The second kappa shape index (κ2) is 5.98. The second-order valence-corrected chi connectivity index (χ2v) is 3.91. The minimum absolute atomic E-state index is 0.200. The third-order valence-electron chi connectivity index (χ3n) is 2.72. The normalized spacial score (nSPS) is 22.0. The molecule has 82 valence electrons. The summed E-state index contributed by atoms with van der Waals surface area (Å²) in [7, 11) is 3.79. The molecule has 0 bridgehead atoms. The fraction of sp³-hybridized carbons (Fsp3) is 0.900. The van der Waals surface area contributed by atoms with Crippen molar-refractivity contribution in [3.05, 3.63) is 0 Å². The summed E-state index contributed by atoms with van der Waals surface area (Å²) < 4.78 is 0. The van der Waals surface area contributed by atoms with E-state index in [4.69, 9.17) is 0 Å². The van der Waals surface area contributed by atoms with E-state index in [1.807, 2.05) is 19.0 Å². The molecule has 1 heterocycles. The van der Waals surface area contributed by atoms with Crippen LogP contribution in [0.2, 0.25) is 0 Å². The van der Waals surface area contributed by atoms with Gasteiger partial charge in [0.15, 0.2) is 0 Å².